The van der Waals surface area contributed by atoms with Crippen LogP contribution in [0.1, 0.15) is 240 Å². The number of esters is 4. The number of hydrogen-bond acceptors (Lipinski definition) is 10. The highest BCUT2D eigenvalue weighted by Gasteiger charge is 2.25. The Kier molecular flexibility index (Phi) is 46.1. The number of rotatable bonds is 52. The van der Waals surface area contributed by atoms with Crippen LogP contribution in [-0.4, -0.2) is 138 Å². The Bertz CT molecular complexity index is 1530. The number of nitrogens with one attached hydrogen (secondary N) is 2. The van der Waals surface area contributed by atoms with Crippen molar-refractivity contribution in [2.75, 3.05) is 80.7 Å². The first-order valence-electron chi connectivity index (χ1n) is 30.1. The van der Waals surface area contributed by atoms with E-state index in [2.05, 4.69) is 48.8 Å². The SMILES string of the molecule is CCCCCCC(CC=CCCCCCCCC(=O)NCCCCCCCCCCNC(=O)CCCCCCCC=CCC(CCCCC)OC(=O)C[N+](C)(C)CCOC(C)=O)OC(=O)C[N+](C)(C)CCOC(C)=O. The number of hydrogen-bond donors (Lipinski definition) is 2. The van der Waals surface area contributed by atoms with Gasteiger partial charge in [-0.1, -0.05) is 147 Å². The van der Waals surface area contributed by atoms with Gasteiger partial charge in [0, 0.05) is 52.6 Å². The molecule has 2 N–H and O–H groups in total. The molecule has 0 heterocycles. The van der Waals surface area contributed by atoms with Crippen molar-refractivity contribution >= 4 is 35.7 Å². The predicted octanol–water partition coefficient (Wildman–Crippen LogP) is 12.3. The monoisotopic (exact) mass is 1060 g/mol. The smallest absolute Gasteiger partial charge is 0.362 e. The third-order valence-electron chi connectivity index (χ3n) is 13.7. The fraction of sp³-hybridized carbons (Fsp3) is 0.836. The van der Waals surface area contributed by atoms with Crippen LogP contribution >= 0.6 is 0 Å². The normalized spacial score (nSPS) is 12.7. The molecule has 14 heteroatoms. The maximum atomic E-state index is 12.8. The molecule has 0 spiro atoms. The second-order valence-electron chi connectivity index (χ2n) is 22.4. The lowest BCUT2D eigenvalue weighted by atomic mass is 10.1. The molecule has 436 valence electrons. The molecule has 0 aliphatic carbocycles. The lowest BCUT2D eigenvalue weighted by molar-refractivity contribution is -0.883. The van der Waals surface area contributed by atoms with Gasteiger partial charge in [-0.2, -0.15) is 0 Å². The summed E-state index contributed by atoms with van der Waals surface area (Å²) in [5, 5.41) is 6.21. The van der Waals surface area contributed by atoms with Gasteiger partial charge in [-0.3, -0.25) is 19.2 Å². The van der Waals surface area contributed by atoms with Crippen molar-refractivity contribution in [2.45, 2.75) is 252 Å². The van der Waals surface area contributed by atoms with Crippen LogP contribution in [-0.2, 0) is 47.7 Å². The van der Waals surface area contributed by atoms with Crippen molar-refractivity contribution in [1.82, 2.24) is 10.6 Å². The summed E-state index contributed by atoms with van der Waals surface area (Å²) in [5.41, 5.74) is 0. The molecule has 75 heavy (non-hydrogen) atoms. The van der Waals surface area contributed by atoms with Gasteiger partial charge in [0.2, 0.25) is 11.8 Å². The number of quaternary nitrogens is 2. The standard InChI is InChI=1S/C61H112N4O10/c1-9-11-13-33-41-57(75-61(71)53-65(7,8)49-51-73-55(4)67)43-35-27-21-15-17-23-29-37-45-59(69)63-47-39-31-25-19-18-24-30-38-46-62-58(68)44-36-28-22-16-14-20-26-34-42-56(40-32-12-10-2)74-60(70)52-64(5,6)48-50-72-54(3)66/h26-27,34-35,56-57H,9-25,28-33,36-53H2,1-8H3/p+2. The van der Waals surface area contributed by atoms with Gasteiger partial charge in [-0.25, -0.2) is 9.59 Å². The first-order chi connectivity index (χ1) is 36.0. The van der Waals surface area contributed by atoms with E-state index in [-0.39, 0.29) is 74.2 Å². The third-order valence-corrected chi connectivity index (χ3v) is 13.7. The van der Waals surface area contributed by atoms with Crippen molar-refractivity contribution in [3.8, 4) is 0 Å². The summed E-state index contributed by atoms with van der Waals surface area (Å²) in [7, 11) is 7.78. The Morgan fingerprint density at radius 2 is 0.760 bits per heavy atom. The third kappa shape index (κ3) is 50.8. The van der Waals surface area contributed by atoms with Crippen LogP contribution in [0, 0.1) is 0 Å². The van der Waals surface area contributed by atoms with E-state index in [9.17, 15) is 28.8 Å². The molecule has 0 fully saturated rings. The summed E-state index contributed by atoms with van der Waals surface area (Å²) in [4.78, 5) is 72.4. The van der Waals surface area contributed by atoms with Gasteiger partial charge in [0.1, 0.15) is 38.5 Å². The number of nitrogens with zero attached hydrogens (tertiary/aromatic N) is 2. The number of ether oxygens (including phenoxy) is 4. The Labute approximate surface area is 458 Å². The molecule has 0 aromatic heterocycles. The highest BCUT2D eigenvalue weighted by atomic mass is 16.6. The number of allylic oxidation sites excluding steroid dienone is 2. The van der Waals surface area contributed by atoms with Crippen LogP contribution in [0.15, 0.2) is 24.3 Å². The van der Waals surface area contributed by atoms with Gasteiger partial charge in [-0.05, 0) is 77.0 Å². The summed E-state index contributed by atoms with van der Waals surface area (Å²) < 4.78 is 22.8. The van der Waals surface area contributed by atoms with E-state index in [0.717, 1.165) is 174 Å². The molecule has 14 nitrogen and oxygen atoms in total. The van der Waals surface area contributed by atoms with Gasteiger partial charge in [0.25, 0.3) is 0 Å². The number of likely N-dealkylation sites (N-methyl/N-ethyl adjacent to an activating group) is 2. The highest BCUT2D eigenvalue weighted by molar-refractivity contribution is 5.76. The van der Waals surface area contributed by atoms with Crippen molar-refractivity contribution in [2.24, 2.45) is 0 Å². The minimum absolute atomic E-state index is 0.112. The second-order valence-corrected chi connectivity index (χ2v) is 22.4. The van der Waals surface area contributed by atoms with Crippen LogP contribution in [0.3, 0.4) is 0 Å². The predicted molar refractivity (Wildman–Crippen MR) is 305 cm³/mol. The fourth-order valence-electron chi connectivity index (χ4n) is 8.88. The average molecular weight is 1060 g/mol. The number of carbonyl (C=O) groups excluding carboxylic acids is 6. The molecule has 0 aromatic carbocycles. The van der Waals surface area contributed by atoms with Crippen molar-refractivity contribution < 1.29 is 56.7 Å². The molecular weight excluding hydrogens is 949 g/mol. The van der Waals surface area contributed by atoms with Gasteiger partial charge in [0.05, 0.1) is 28.2 Å². The highest BCUT2D eigenvalue weighted by Crippen LogP contribution is 2.17. The van der Waals surface area contributed by atoms with E-state index in [1.807, 2.05) is 28.2 Å². The zero-order valence-corrected chi connectivity index (χ0v) is 49.4. The van der Waals surface area contributed by atoms with E-state index < -0.39 is 0 Å². The molecule has 0 rings (SSSR count). The molecule has 0 radical (unpaired) electrons. The molecule has 0 saturated heterocycles. The Morgan fingerprint density at radius 1 is 0.427 bits per heavy atom. The number of carbonyl (C=O) groups is 6. The molecule has 0 aliphatic rings. The van der Waals surface area contributed by atoms with E-state index >= 15 is 0 Å². The van der Waals surface area contributed by atoms with Gasteiger partial charge in [0.15, 0.2) is 13.1 Å². The molecule has 0 bridgehead atoms. The average Bonchev–Trinajstić information content (AvgIpc) is 3.33. The first kappa shape index (κ1) is 71.2. The molecule has 0 aromatic rings. The van der Waals surface area contributed by atoms with Crippen molar-refractivity contribution in [1.29, 1.82) is 0 Å². The number of amides is 2. The summed E-state index contributed by atoms with van der Waals surface area (Å²) >= 11 is 0. The fourth-order valence-corrected chi connectivity index (χ4v) is 8.88. The van der Waals surface area contributed by atoms with Crippen LogP contribution in [0.5, 0.6) is 0 Å². The van der Waals surface area contributed by atoms with Gasteiger partial charge in [-0.15, -0.1) is 0 Å². The van der Waals surface area contributed by atoms with Crippen LogP contribution in [0.2, 0.25) is 0 Å². The topological polar surface area (TPSA) is 163 Å². The Hall–Kier alpha value is -3.78. The maximum Gasteiger partial charge on any atom is 0.362 e. The summed E-state index contributed by atoms with van der Waals surface area (Å²) in [6.07, 6.45) is 42.9. The Balaban J connectivity index is 3.87. The lowest BCUT2D eigenvalue weighted by Crippen LogP contribution is -2.47. The quantitative estimate of drug-likeness (QED) is 0.0197. The van der Waals surface area contributed by atoms with Crippen molar-refractivity contribution in [3.63, 3.8) is 0 Å². The molecule has 0 saturated carbocycles. The summed E-state index contributed by atoms with van der Waals surface area (Å²) in [6.45, 7) is 10.9. The van der Waals surface area contributed by atoms with Crippen LogP contribution in [0.25, 0.3) is 0 Å². The largest absolute Gasteiger partial charge is 0.460 e. The molecule has 2 atom stereocenters. The van der Waals surface area contributed by atoms with E-state index in [0.29, 0.717) is 34.9 Å². The van der Waals surface area contributed by atoms with E-state index in [4.69, 9.17) is 18.9 Å². The Morgan fingerprint density at radius 3 is 1.15 bits per heavy atom. The van der Waals surface area contributed by atoms with Gasteiger partial charge < -0.3 is 38.5 Å². The number of unbranched alkanes of at least 4 members (excludes halogenated alkanes) is 22. The zero-order valence-electron chi connectivity index (χ0n) is 49.4. The molecule has 2 unspecified atom stereocenters. The first-order valence-corrected chi connectivity index (χ1v) is 30.1. The van der Waals surface area contributed by atoms with E-state index in [1.54, 1.807) is 0 Å². The minimum atomic E-state index is -0.312. The maximum absolute atomic E-state index is 12.8. The molecule has 0 aliphatic heterocycles. The van der Waals surface area contributed by atoms with E-state index in [1.165, 1.54) is 52.4 Å². The minimum Gasteiger partial charge on any atom is -0.460 e. The van der Waals surface area contributed by atoms with Crippen LogP contribution in [0.4, 0.5) is 0 Å². The van der Waals surface area contributed by atoms with Crippen molar-refractivity contribution in [3.05, 3.63) is 24.3 Å². The summed E-state index contributed by atoms with van der Waals surface area (Å²) in [5.74, 6) is -0.694. The zero-order chi connectivity index (χ0) is 55.7. The molecular formula is C61H114N4O10+2. The molecule has 2 amide bonds. The van der Waals surface area contributed by atoms with Crippen LogP contribution < -0.4 is 10.6 Å². The second kappa shape index (κ2) is 48.6. The summed E-state index contributed by atoms with van der Waals surface area (Å²) in [6, 6.07) is 0. The lowest BCUT2D eigenvalue weighted by Gasteiger charge is -2.29. The van der Waals surface area contributed by atoms with Gasteiger partial charge >= 0.3 is 23.9 Å².